The minimum atomic E-state index is -0.545. The molecule has 7 nitrogen and oxygen atoms in total. The fourth-order valence-corrected chi connectivity index (χ4v) is 3.62. The Morgan fingerprint density at radius 2 is 1.55 bits per heavy atom. The van der Waals surface area contributed by atoms with E-state index in [0.29, 0.717) is 0 Å². The summed E-state index contributed by atoms with van der Waals surface area (Å²) in [5.41, 5.74) is 11.5. The molecule has 7 heteroatoms. The number of aliphatic hydroxyl groups excluding tert-OH is 1. The van der Waals surface area contributed by atoms with E-state index in [1.54, 1.807) is 20.4 Å². The standard InChI is InChI=1S/C20H22N4O.C8H10.C2H6O.CH4O.2H2/c1-15-6-5-9-17(14-15)24-13-12-22-19(24)18(23-20(21)25)11-10-16-7-3-2-4-8-16;1-7-5-3-4-6-8(7)2;1-3-2;1-2;;/h2-9,12-14,18H,10-11H2,1H3,(H3,21,23,25);3-6H,1-2H3;1-2H3;2H,1H3;2*1H/t18-;;;;;/m0...../s1. The molecule has 3 aromatic carbocycles. The van der Waals surface area contributed by atoms with Crippen LogP contribution in [-0.2, 0) is 11.2 Å². The van der Waals surface area contributed by atoms with E-state index in [1.807, 2.05) is 41.1 Å². The number of nitrogens with two attached hydrogens (primary N) is 1. The lowest BCUT2D eigenvalue weighted by atomic mass is 10.0. The number of aliphatic hydroxyl groups is 1. The molecule has 0 unspecified atom stereocenters. The quantitative estimate of drug-likeness (QED) is 0.281. The number of amides is 2. The van der Waals surface area contributed by atoms with Crippen molar-refractivity contribution in [1.82, 2.24) is 14.9 Å². The van der Waals surface area contributed by atoms with E-state index in [9.17, 15) is 4.79 Å². The Labute approximate surface area is 230 Å². The van der Waals surface area contributed by atoms with Crippen molar-refractivity contribution in [1.29, 1.82) is 0 Å². The number of aryl methyl sites for hydroxylation is 4. The van der Waals surface area contributed by atoms with Gasteiger partial charge in [-0.25, -0.2) is 9.78 Å². The van der Waals surface area contributed by atoms with Gasteiger partial charge in [0.2, 0.25) is 0 Å². The van der Waals surface area contributed by atoms with Crippen molar-refractivity contribution in [2.45, 2.75) is 39.7 Å². The minimum Gasteiger partial charge on any atom is -0.400 e. The van der Waals surface area contributed by atoms with Gasteiger partial charge in [-0.2, -0.15) is 0 Å². The van der Waals surface area contributed by atoms with Gasteiger partial charge in [-0.15, -0.1) is 0 Å². The maximum absolute atomic E-state index is 11.5. The lowest BCUT2D eigenvalue weighted by Crippen LogP contribution is -2.34. The molecular formula is C31H46N4O3. The second-order valence-electron chi connectivity index (χ2n) is 8.57. The summed E-state index contributed by atoms with van der Waals surface area (Å²) in [6, 6.07) is 25.9. The molecular weight excluding hydrogens is 476 g/mol. The highest BCUT2D eigenvalue weighted by atomic mass is 16.4. The van der Waals surface area contributed by atoms with Crippen LogP contribution in [0.4, 0.5) is 4.79 Å². The lowest BCUT2D eigenvalue weighted by molar-refractivity contribution is 0.244. The van der Waals surface area contributed by atoms with Gasteiger partial charge in [0.15, 0.2) is 0 Å². The summed E-state index contributed by atoms with van der Waals surface area (Å²) >= 11 is 0. The molecule has 2 amide bonds. The average Bonchev–Trinajstić information content (AvgIpc) is 3.41. The highest BCUT2D eigenvalue weighted by Crippen LogP contribution is 2.22. The molecule has 0 radical (unpaired) electrons. The molecule has 1 heterocycles. The molecule has 0 saturated carbocycles. The summed E-state index contributed by atoms with van der Waals surface area (Å²) in [6.45, 7) is 6.29. The van der Waals surface area contributed by atoms with Gasteiger partial charge in [0.05, 0.1) is 6.04 Å². The molecule has 4 aromatic rings. The number of methoxy groups -OCH3 is 1. The highest BCUT2D eigenvalue weighted by molar-refractivity contribution is 5.72. The summed E-state index contributed by atoms with van der Waals surface area (Å²) in [5, 5.41) is 9.83. The van der Waals surface area contributed by atoms with Crippen LogP contribution in [0.2, 0.25) is 0 Å². The number of benzene rings is 3. The third kappa shape index (κ3) is 11.4. The van der Waals surface area contributed by atoms with Gasteiger partial charge in [-0.05, 0) is 68.0 Å². The third-order valence-corrected chi connectivity index (χ3v) is 5.57. The van der Waals surface area contributed by atoms with E-state index in [2.05, 4.69) is 84.3 Å². The first kappa shape index (κ1) is 32.1. The largest absolute Gasteiger partial charge is 0.400 e. The Hall–Kier alpha value is -3.94. The number of urea groups is 1. The van der Waals surface area contributed by atoms with Crippen LogP contribution in [0.3, 0.4) is 0 Å². The fraction of sp³-hybridized carbons (Fsp3) is 0.290. The number of carbonyl (C=O) groups is 1. The van der Waals surface area contributed by atoms with Gasteiger partial charge < -0.3 is 25.5 Å². The molecule has 0 spiro atoms. The van der Waals surface area contributed by atoms with Crippen molar-refractivity contribution in [3.05, 3.63) is 119 Å². The summed E-state index contributed by atoms with van der Waals surface area (Å²) in [5.74, 6) is 0.778. The number of ether oxygens (including phenoxy) is 1. The van der Waals surface area contributed by atoms with Crippen molar-refractivity contribution < 1.29 is 17.5 Å². The zero-order valence-electron chi connectivity index (χ0n) is 23.4. The number of rotatable bonds is 6. The summed E-state index contributed by atoms with van der Waals surface area (Å²) in [7, 11) is 4.25. The van der Waals surface area contributed by atoms with E-state index in [0.717, 1.165) is 31.5 Å². The number of carbonyl (C=O) groups excluding carboxylic acids is 1. The topological polar surface area (TPSA) is 102 Å². The van der Waals surface area contributed by atoms with Gasteiger partial charge in [0, 0.05) is 42.3 Å². The second kappa shape index (κ2) is 18.3. The monoisotopic (exact) mass is 522 g/mol. The molecule has 4 rings (SSSR count). The number of hydrogen-bond donors (Lipinski definition) is 3. The number of nitrogens with one attached hydrogen (secondary N) is 1. The second-order valence-corrected chi connectivity index (χ2v) is 8.57. The summed E-state index contributed by atoms with van der Waals surface area (Å²) in [4.78, 5) is 16.0. The molecule has 0 fully saturated rings. The van der Waals surface area contributed by atoms with Gasteiger partial charge >= 0.3 is 6.03 Å². The molecule has 1 atom stereocenters. The van der Waals surface area contributed by atoms with Crippen molar-refractivity contribution >= 4 is 6.03 Å². The Kier molecular flexibility index (Phi) is 15.5. The maximum Gasteiger partial charge on any atom is 0.312 e. The van der Waals surface area contributed by atoms with Gasteiger partial charge in [-0.1, -0.05) is 66.7 Å². The van der Waals surface area contributed by atoms with Crippen LogP contribution in [0.5, 0.6) is 0 Å². The van der Waals surface area contributed by atoms with Crippen molar-refractivity contribution in [2.24, 2.45) is 5.73 Å². The SMILES string of the molecule is CO.COC.Cc1cccc(-n2ccnc2[C@H](CCc2ccccc2)NC(N)=O)c1.Cc1ccccc1C.[HH].[HH]. The zero-order chi connectivity index (χ0) is 28.3. The highest BCUT2D eigenvalue weighted by Gasteiger charge is 2.19. The Bertz CT molecular complexity index is 1180. The molecule has 208 valence electrons. The normalized spacial score (nSPS) is 10.4. The first-order chi connectivity index (χ1) is 18.3. The smallest absolute Gasteiger partial charge is 0.312 e. The number of hydrogen-bond acceptors (Lipinski definition) is 4. The van der Waals surface area contributed by atoms with Crippen molar-refractivity contribution in [3.63, 3.8) is 0 Å². The molecule has 0 bridgehead atoms. The Balaban J connectivity index is 0. The van der Waals surface area contributed by atoms with E-state index in [4.69, 9.17) is 10.8 Å². The van der Waals surface area contributed by atoms with Crippen molar-refractivity contribution in [3.8, 4) is 5.69 Å². The van der Waals surface area contributed by atoms with Crippen LogP contribution in [0.15, 0.2) is 91.3 Å². The van der Waals surface area contributed by atoms with Crippen LogP contribution in [-0.4, -0.2) is 42.0 Å². The van der Waals surface area contributed by atoms with Gasteiger partial charge in [-0.3, -0.25) is 0 Å². The number of primary amides is 1. The van der Waals surface area contributed by atoms with E-state index >= 15 is 0 Å². The molecule has 0 saturated heterocycles. The first-order valence-electron chi connectivity index (χ1n) is 12.4. The van der Waals surface area contributed by atoms with Gasteiger partial charge in [0.25, 0.3) is 0 Å². The van der Waals surface area contributed by atoms with E-state index < -0.39 is 6.03 Å². The Morgan fingerprint density at radius 3 is 2.08 bits per heavy atom. The molecule has 0 aliphatic heterocycles. The van der Waals surface area contributed by atoms with Crippen LogP contribution in [0.1, 0.15) is 43.4 Å². The fourth-order valence-electron chi connectivity index (χ4n) is 3.62. The number of nitrogens with zero attached hydrogens (tertiary/aromatic N) is 2. The maximum atomic E-state index is 11.5. The van der Waals surface area contributed by atoms with Crippen LogP contribution in [0, 0.1) is 20.8 Å². The van der Waals surface area contributed by atoms with Crippen LogP contribution >= 0.6 is 0 Å². The zero-order valence-corrected chi connectivity index (χ0v) is 23.4. The predicted molar refractivity (Wildman–Crippen MR) is 160 cm³/mol. The van der Waals surface area contributed by atoms with Gasteiger partial charge in [0.1, 0.15) is 5.82 Å². The lowest BCUT2D eigenvalue weighted by Gasteiger charge is -2.19. The van der Waals surface area contributed by atoms with E-state index in [1.165, 1.54) is 22.3 Å². The minimum absolute atomic E-state index is 0. The molecule has 0 aliphatic rings. The van der Waals surface area contributed by atoms with Crippen LogP contribution in [0.25, 0.3) is 5.69 Å². The van der Waals surface area contributed by atoms with Crippen LogP contribution < -0.4 is 11.1 Å². The molecule has 1 aromatic heterocycles. The number of aromatic nitrogens is 2. The molecule has 4 N–H and O–H groups in total. The summed E-state index contributed by atoms with van der Waals surface area (Å²) < 4.78 is 6.25. The molecule has 38 heavy (non-hydrogen) atoms. The average molecular weight is 523 g/mol. The summed E-state index contributed by atoms with van der Waals surface area (Å²) in [6.07, 6.45) is 5.19. The van der Waals surface area contributed by atoms with Crippen molar-refractivity contribution in [2.75, 3.05) is 21.3 Å². The third-order valence-electron chi connectivity index (χ3n) is 5.57. The number of imidazole rings is 1. The molecule has 0 aliphatic carbocycles. The predicted octanol–water partition coefficient (Wildman–Crippen LogP) is 6.19. The first-order valence-corrected chi connectivity index (χ1v) is 12.4. The van der Waals surface area contributed by atoms with E-state index in [-0.39, 0.29) is 8.90 Å². The Morgan fingerprint density at radius 1 is 0.974 bits per heavy atom.